The lowest BCUT2D eigenvalue weighted by Gasteiger charge is -2.07. The molecule has 1 atom stereocenters. The van der Waals surface area contributed by atoms with Crippen LogP contribution in [0, 0.1) is 0 Å². The van der Waals surface area contributed by atoms with Gasteiger partial charge >= 0.3 is 0 Å². The molecule has 0 bridgehead atoms. The summed E-state index contributed by atoms with van der Waals surface area (Å²) in [5.74, 6) is 1.43. The molecule has 0 spiro atoms. The standard InChI is InChI=1S/C8H12N2S/c1-7(2-3-11)8-4-9-6-10-5-8/h4-7,11H,2-3H2,1H3. The van der Waals surface area contributed by atoms with Crippen molar-refractivity contribution in [1.82, 2.24) is 9.97 Å². The number of rotatable bonds is 3. The first-order valence-electron chi connectivity index (χ1n) is 3.70. The highest BCUT2D eigenvalue weighted by molar-refractivity contribution is 7.80. The fraction of sp³-hybridized carbons (Fsp3) is 0.500. The first-order valence-corrected chi connectivity index (χ1v) is 4.33. The Labute approximate surface area is 72.5 Å². The van der Waals surface area contributed by atoms with Gasteiger partial charge in [0.25, 0.3) is 0 Å². The maximum atomic E-state index is 4.17. The van der Waals surface area contributed by atoms with E-state index in [2.05, 4.69) is 29.5 Å². The summed E-state index contributed by atoms with van der Waals surface area (Å²) in [4.78, 5) is 7.90. The molecule has 2 nitrogen and oxygen atoms in total. The molecule has 1 aromatic heterocycles. The average Bonchev–Trinajstić information content (AvgIpc) is 2.07. The van der Waals surface area contributed by atoms with Gasteiger partial charge in [-0.25, -0.2) is 9.97 Å². The quantitative estimate of drug-likeness (QED) is 0.697. The van der Waals surface area contributed by atoms with Crippen LogP contribution in [0.5, 0.6) is 0 Å². The Balaban J connectivity index is 2.61. The van der Waals surface area contributed by atoms with Gasteiger partial charge in [-0.3, -0.25) is 0 Å². The van der Waals surface area contributed by atoms with Crippen molar-refractivity contribution in [3.05, 3.63) is 24.3 Å². The monoisotopic (exact) mass is 168 g/mol. The highest BCUT2D eigenvalue weighted by atomic mass is 32.1. The highest BCUT2D eigenvalue weighted by Crippen LogP contribution is 2.16. The summed E-state index contributed by atoms with van der Waals surface area (Å²) in [7, 11) is 0. The summed E-state index contributed by atoms with van der Waals surface area (Å²) in [6.45, 7) is 2.16. The summed E-state index contributed by atoms with van der Waals surface area (Å²) in [5.41, 5.74) is 1.20. The summed E-state index contributed by atoms with van der Waals surface area (Å²) in [6, 6.07) is 0. The highest BCUT2D eigenvalue weighted by Gasteiger charge is 2.03. The maximum Gasteiger partial charge on any atom is 0.115 e. The van der Waals surface area contributed by atoms with Gasteiger partial charge < -0.3 is 0 Å². The van der Waals surface area contributed by atoms with Crippen LogP contribution in [0.15, 0.2) is 18.7 Å². The van der Waals surface area contributed by atoms with Crippen LogP contribution in [0.4, 0.5) is 0 Å². The number of hydrogen-bond acceptors (Lipinski definition) is 3. The van der Waals surface area contributed by atoms with E-state index < -0.39 is 0 Å². The normalized spacial score (nSPS) is 12.9. The van der Waals surface area contributed by atoms with Crippen LogP contribution in [0.3, 0.4) is 0 Å². The number of nitrogens with zero attached hydrogens (tertiary/aromatic N) is 2. The van der Waals surface area contributed by atoms with Crippen molar-refractivity contribution in [2.75, 3.05) is 5.75 Å². The maximum absolute atomic E-state index is 4.17. The fourth-order valence-electron chi connectivity index (χ4n) is 0.925. The summed E-state index contributed by atoms with van der Waals surface area (Å²) in [5, 5.41) is 0. The Hall–Kier alpha value is -0.570. The smallest absolute Gasteiger partial charge is 0.115 e. The largest absolute Gasteiger partial charge is 0.245 e. The van der Waals surface area contributed by atoms with Crippen LogP contribution in [0.2, 0.25) is 0 Å². The molecule has 0 saturated heterocycles. The van der Waals surface area contributed by atoms with Gasteiger partial charge in [0.15, 0.2) is 0 Å². The Morgan fingerprint density at radius 2 is 2.09 bits per heavy atom. The number of hydrogen-bond donors (Lipinski definition) is 1. The van der Waals surface area contributed by atoms with Crippen LogP contribution >= 0.6 is 12.6 Å². The van der Waals surface area contributed by atoms with E-state index in [9.17, 15) is 0 Å². The van der Waals surface area contributed by atoms with E-state index >= 15 is 0 Å². The average molecular weight is 168 g/mol. The van der Waals surface area contributed by atoms with Crippen molar-refractivity contribution >= 4 is 12.6 Å². The van der Waals surface area contributed by atoms with Crippen molar-refractivity contribution < 1.29 is 0 Å². The molecular formula is C8H12N2S. The topological polar surface area (TPSA) is 25.8 Å². The van der Waals surface area contributed by atoms with Crippen molar-refractivity contribution in [3.8, 4) is 0 Å². The number of thiol groups is 1. The van der Waals surface area contributed by atoms with Gasteiger partial charge in [0.2, 0.25) is 0 Å². The molecule has 0 amide bonds. The lowest BCUT2D eigenvalue weighted by Crippen LogP contribution is -1.95. The minimum Gasteiger partial charge on any atom is -0.245 e. The summed E-state index contributed by atoms with van der Waals surface area (Å²) < 4.78 is 0. The van der Waals surface area contributed by atoms with Crippen LogP contribution in [-0.4, -0.2) is 15.7 Å². The fourth-order valence-corrected chi connectivity index (χ4v) is 1.31. The molecule has 0 fully saturated rings. The van der Waals surface area contributed by atoms with Gasteiger partial charge in [-0.05, 0) is 23.7 Å². The van der Waals surface area contributed by atoms with E-state index in [-0.39, 0.29) is 0 Å². The summed E-state index contributed by atoms with van der Waals surface area (Å²) in [6.07, 6.45) is 6.36. The third-order valence-electron chi connectivity index (χ3n) is 1.71. The van der Waals surface area contributed by atoms with Gasteiger partial charge in [0, 0.05) is 12.4 Å². The van der Waals surface area contributed by atoms with Crippen molar-refractivity contribution in [2.45, 2.75) is 19.3 Å². The molecule has 0 saturated carbocycles. The van der Waals surface area contributed by atoms with Gasteiger partial charge in [0.1, 0.15) is 6.33 Å². The van der Waals surface area contributed by atoms with Gasteiger partial charge in [-0.15, -0.1) is 0 Å². The predicted molar refractivity (Wildman–Crippen MR) is 48.9 cm³/mol. The Bertz CT molecular complexity index is 201. The second-order valence-corrected chi connectivity index (χ2v) is 3.03. The Morgan fingerprint density at radius 1 is 1.45 bits per heavy atom. The van der Waals surface area contributed by atoms with Crippen molar-refractivity contribution in [2.24, 2.45) is 0 Å². The van der Waals surface area contributed by atoms with Crippen LogP contribution in [-0.2, 0) is 0 Å². The second-order valence-electron chi connectivity index (χ2n) is 2.59. The van der Waals surface area contributed by atoms with Crippen LogP contribution in [0.1, 0.15) is 24.8 Å². The molecule has 1 heterocycles. The molecule has 11 heavy (non-hydrogen) atoms. The molecule has 60 valence electrons. The minimum absolute atomic E-state index is 0.522. The lowest BCUT2D eigenvalue weighted by atomic mass is 10.0. The van der Waals surface area contributed by atoms with E-state index in [4.69, 9.17) is 0 Å². The van der Waals surface area contributed by atoms with E-state index in [0.29, 0.717) is 5.92 Å². The zero-order chi connectivity index (χ0) is 8.10. The zero-order valence-electron chi connectivity index (χ0n) is 6.57. The molecule has 0 aliphatic heterocycles. The molecule has 1 aromatic rings. The summed E-state index contributed by atoms with van der Waals surface area (Å²) >= 11 is 4.17. The number of aromatic nitrogens is 2. The third kappa shape index (κ3) is 2.50. The van der Waals surface area contributed by atoms with Crippen molar-refractivity contribution in [1.29, 1.82) is 0 Å². The molecule has 0 N–H and O–H groups in total. The van der Waals surface area contributed by atoms with Gasteiger partial charge in [-0.2, -0.15) is 12.6 Å². The van der Waals surface area contributed by atoms with Crippen molar-refractivity contribution in [3.63, 3.8) is 0 Å². The van der Waals surface area contributed by atoms with E-state index in [1.54, 1.807) is 6.33 Å². The Kier molecular flexibility index (Phi) is 3.36. The van der Waals surface area contributed by atoms with Crippen LogP contribution < -0.4 is 0 Å². The molecule has 0 radical (unpaired) electrons. The minimum atomic E-state index is 0.522. The third-order valence-corrected chi connectivity index (χ3v) is 1.97. The van der Waals surface area contributed by atoms with E-state index in [0.717, 1.165) is 12.2 Å². The molecule has 0 aliphatic carbocycles. The first-order chi connectivity index (χ1) is 5.34. The predicted octanol–water partition coefficient (Wildman–Crippen LogP) is 1.90. The Morgan fingerprint density at radius 3 is 2.64 bits per heavy atom. The molecule has 0 aromatic carbocycles. The van der Waals surface area contributed by atoms with Gasteiger partial charge in [0.05, 0.1) is 0 Å². The lowest BCUT2D eigenvalue weighted by molar-refractivity contribution is 0.732. The van der Waals surface area contributed by atoms with Crippen LogP contribution in [0.25, 0.3) is 0 Å². The van der Waals surface area contributed by atoms with Gasteiger partial charge in [-0.1, -0.05) is 6.92 Å². The van der Waals surface area contributed by atoms with E-state index in [1.165, 1.54) is 5.56 Å². The molecule has 3 heteroatoms. The molecule has 1 unspecified atom stereocenters. The molecular weight excluding hydrogens is 156 g/mol. The van der Waals surface area contributed by atoms with E-state index in [1.807, 2.05) is 12.4 Å². The SMILES string of the molecule is CC(CCS)c1cncnc1. The first kappa shape index (κ1) is 8.53. The second kappa shape index (κ2) is 4.34. The molecule has 1 rings (SSSR count). The zero-order valence-corrected chi connectivity index (χ0v) is 7.46. The molecule has 0 aliphatic rings.